The summed E-state index contributed by atoms with van der Waals surface area (Å²) in [5.74, 6) is 1.06. The second-order valence-electron chi connectivity index (χ2n) is 7.71. The maximum absolute atomic E-state index is 13.1. The molecule has 1 aliphatic carbocycles. The Labute approximate surface area is 164 Å². The predicted molar refractivity (Wildman–Crippen MR) is 106 cm³/mol. The number of nitrogens with zero attached hydrogens (tertiary/aromatic N) is 2. The Morgan fingerprint density at radius 3 is 2.81 bits per heavy atom. The van der Waals surface area contributed by atoms with Crippen LogP contribution in [0.25, 0.3) is 10.6 Å². The molecule has 2 fully saturated rings. The van der Waals surface area contributed by atoms with E-state index < -0.39 is 5.60 Å². The predicted octanol–water partition coefficient (Wildman–Crippen LogP) is 3.89. The van der Waals surface area contributed by atoms with Crippen molar-refractivity contribution in [2.75, 3.05) is 20.2 Å². The second-order valence-corrected chi connectivity index (χ2v) is 8.71. The number of benzene rings is 1. The van der Waals surface area contributed by atoms with Gasteiger partial charge in [-0.15, -0.1) is 11.3 Å². The number of aryl methyl sites for hydroxylation is 1. The zero-order chi connectivity index (χ0) is 19.0. The molecule has 4 rings (SSSR count). The van der Waals surface area contributed by atoms with Gasteiger partial charge in [-0.2, -0.15) is 0 Å². The molecule has 0 bridgehead atoms. The van der Waals surface area contributed by atoms with Crippen molar-refractivity contribution >= 4 is 17.2 Å². The van der Waals surface area contributed by atoms with Gasteiger partial charge in [0.25, 0.3) is 5.91 Å². The molecule has 1 N–H and O–H groups in total. The first-order valence-corrected chi connectivity index (χ1v) is 10.5. The number of hydrogen-bond acceptors (Lipinski definition) is 5. The smallest absolute Gasteiger partial charge is 0.265 e. The van der Waals surface area contributed by atoms with Gasteiger partial charge in [0.2, 0.25) is 0 Å². The number of methoxy groups -OCH3 is 1. The number of hydrogen-bond donors (Lipinski definition) is 1. The summed E-state index contributed by atoms with van der Waals surface area (Å²) in [6, 6.07) is 7.74. The summed E-state index contributed by atoms with van der Waals surface area (Å²) < 4.78 is 5.20. The summed E-state index contributed by atoms with van der Waals surface area (Å²) in [4.78, 5) is 20.4. The van der Waals surface area contributed by atoms with Gasteiger partial charge in [0.1, 0.15) is 15.6 Å². The van der Waals surface area contributed by atoms with Crippen LogP contribution in [0.5, 0.6) is 5.75 Å². The Bertz CT molecular complexity index is 832. The molecular weight excluding hydrogens is 360 g/mol. The molecule has 2 aliphatic rings. The van der Waals surface area contributed by atoms with Gasteiger partial charge < -0.3 is 14.7 Å². The molecule has 1 amide bonds. The molecule has 0 radical (unpaired) electrons. The van der Waals surface area contributed by atoms with Crippen LogP contribution in [-0.4, -0.2) is 46.7 Å². The fraction of sp³-hybridized carbons (Fsp3) is 0.524. The third-order valence-corrected chi connectivity index (χ3v) is 7.24. The van der Waals surface area contributed by atoms with E-state index in [0.29, 0.717) is 24.4 Å². The largest absolute Gasteiger partial charge is 0.497 e. The number of aromatic nitrogens is 1. The van der Waals surface area contributed by atoms with Crippen molar-refractivity contribution in [2.24, 2.45) is 5.92 Å². The monoisotopic (exact) mass is 386 g/mol. The lowest BCUT2D eigenvalue weighted by molar-refractivity contribution is -0.0885. The summed E-state index contributed by atoms with van der Waals surface area (Å²) in [6.45, 7) is 3.18. The molecule has 0 unspecified atom stereocenters. The van der Waals surface area contributed by atoms with Crippen molar-refractivity contribution in [3.63, 3.8) is 0 Å². The van der Waals surface area contributed by atoms with Gasteiger partial charge in [-0.25, -0.2) is 4.98 Å². The first-order valence-electron chi connectivity index (χ1n) is 9.64. The van der Waals surface area contributed by atoms with Crippen LogP contribution in [0.2, 0.25) is 0 Å². The molecular formula is C21H26N2O3S. The quantitative estimate of drug-likeness (QED) is 0.869. The number of thiazole rings is 1. The number of carbonyl (C=O) groups excluding carboxylic acids is 1. The fourth-order valence-electron chi connectivity index (χ4n) is 4.35. The average molecular weight is 387 g/mol. The first kappa shape index (κ1) is 18.4. The van der Waals surface area contributed by atoms with Crippen LogP contribution < -0.4 is 4.74 Å². The van der Waals surface area contributed by atoms with E-state index in [4.69, 9.17) is 4.74 Å². The molecule has 2 atom stereocenters. The van der Waals surface area contributed by atoms with Crippen molar-refractivity contribution in [2.45, 2.75) is 44.6 Å². The Morgan fingerprint density at radius 1 is 1.30 bits per heavy atom. The van der Waals surface area contributed by atoms with Crippen LogP contribution >= 0.6 is 11.3 Å². The highest BCUT2D eigenvalue weighted by Gasteiger charge is 2.44. The van der Waals surface area contributed by atoms with E-state index in [1.54, 1.807) is 7.11 Å². The maximum atomic E-state index is 13.1. The minimum absolute atomic E-state index is 0.0531. The lowest BCUT2D eigenvalue weighted by Crippen LogP contribution is -2.54. The van der Waals surface area contributed by atoms with E-state index in [1.165, 1.54) is 11.3 Å². The third-order valence-electron chi connectivity index (χ3n) is 6.04. The van der Waals surface area contributed by atoms with Crippen LogP contribution in [0.1, 0.15) is 47.5 Å². The Morgan fingerprint density at radius 2 is 2.07 bits per heavy atom. The van der Waals surface area contributed by atoms with Crippen LogP contribution in [-0.2, 0) is 0 Å². The summed E-state index contributed by atoms with van der Waals surface area (Å²) in [5.41, 5.74) is 1.20. The van der Waals surface area contributed by atoms with Crippen molar-refractivity contribution < 1.29 is 14.6 Å². The van der Waals surface area contributed by atoms with Gasteiger partial charge >= 0.3 is 0 Å². The van der Waals surface area contributed by atoms with E-state index >= 15 is 0 Å². The number of amides is 1. The van der Waals surface area contributed by atoms with E-state index in [0.717, 1.165) is 47.7 Å². The van der Waals surface area contributed by atoms with Gasteiger partial charge in [0, 0.05) is 24.6 Å². The van der Waals surface area contributed by atoms with E-state index in [9.17, 15) is 9.90 Å². The number of fused-ring (bicyclic) bond motifs is 1. The molecule has 2 heterocycles. The Kier molecular flexibility index (Phi) is 4.95. The van der Waals surface area contributed by atoms with Crippen LogP contribution in [0.4, 0.5) is 0 Å². The molecule has 0 spiro atoms. The van der Waals surface area contributed by atoms with Gasteiger partial charge in [0.05, 0.1) is 18.4 Å². The summed E-state index contributed by atoms with van der Waals surface area (Å²) in [5, 5.41) is 11.7. The van der Waals surface area contributed by atoms with Gasteiger partial charge in [0.15, 0.2) is 0 Å². The molecule has 1 aromatic heterocycles. The number of piperidine rings is 1. The topological polar surface area (TPSA) is 62.7 Å². The Balaban J connectivity index is 1.53. The highest BCUT2D eigenvalue weighted by Crippen LogP contribution is 2.40. The number of rotatable bonds is 3. The van der Waals surface area contributed by atoms with Crippen LogP contribution in [0, 0.1) is 12.8 Å². The SMILES string of the molecule is COc1ccc(-c2nc(C)c(C(=O)N3CC[C@@]4(O)CCCC[C@@H]4C3)s2)cc1. The van der Waals surface area contributed by atoms with Crippen molar-refractivity contribution in [3.8, 4) is 16.3 Å². The number of likely N-dealkylation sites (tertiary alicyclic amines) is 1. The maximum Gasteiger partial charge on any atom is 0.265 e. The zero-order valence-electron chi connectivity index (χ0n) is 15.9. The van der Waals surface area contributed by atoms with Crippen molar-refractivity contribution in [1.29, 1.82) is 0 Å². The lowest BCUT2D eigenvalue weighted by Gasteiger charge is -2.47. The molecule has 1 aromatic carbocycles. The van der Waals surface area contributed by atoms with Gasteiger partial charge in [-0.05, 0) is 50.5 Å². The molecule has 1 saturated heterocycles. The molecule has 27 heavy (non-hydrogen) atoms. The molecule has 144 valence electrons. The number of carbonyl (C=O) groups is 1. The minimum atomic E-state index is -0.563. The lowest BCUT2D eigenvalue weighted by atomic mass is 9.71. The summed E-state index contributed by atoms with van der Waals surface area (Å²) in [7, 11) is 1.64. The number of ether oxygens (including phenoxy) is 1. The third kappa shape index (κ3) is 3.48. The Hall–Kier alpha value is -1.92. The van der Waals surface area contributed by atoms with Gasteiger partial charge in [-0.3, -0.25) is 4.79 Å². The highest BCUT2D eigenvalue weighted by molar-refractivity contribution is 7.17. The standard InChI is InChI=1S/C21H26N2O3S/c1-14-18(27-19(22-14)15-6-8-17(26-2)9-7-15)20(24)23-12-11-21(25)10-4-3-5-16(21)13-23/h6-9,16,25H,3-5,10-13H2,1-2H3/t16-,21+/m1/s1. The molecule has 5 nitrogen and oxygen atoms in total. The molecule has 1 aliphatic heterocycles. The average Bonchev–Trinajstić information content (AvgIpc) is 3.08. The first-order chi connectivity index (χ1) is 13.0. The van der Waals surface area contributed by atoms with Crippen LogP contribution in [0.3, 0.4) is 0 Å². The van der Waals surface area contributed by atoms with Crippen molar-refractivity contribution in [3.05, 3.63) is 34.8 Å². The normalized spacial score (nSPS) is 25.1. The molecule has 6 heteroatoms. The molecule has 2 aromatic rings. The highest BCUT2D eigenvalue weighted by atomic mass is 32.1. The van der Waals surface area contributed by atoms with Gasteiger partial charge in [-0.1, -0.05) is 12.8 Å². The minimum Gasteiger partial charge on any atom is -0.497 e. The zero-order valence-corrected chi connectivity index (χ0v) is 16.7. The van der Waals surface area contributed by atoms with E-state index in [1.807, 2.05) is 36.1 Å². The molecule has 1 saturated carbocycles. The van der Waals surface area contributed by atoms with Crippen molar-refractivity contribution in [1.82, 2.24) is 9.88 Å². The number of aliphatic hydroxyl groups is 1. The second kappa shape index (κ2) is 7.24. The van der Waals surface area contributed by atoms with E-state index in [-0.39, 0.29) is 11.8 Å². The van der Waals surface area contributed by atoms with Crippen LogP contribution in [0.15, 0.2) is 24.3 Å². The fourth-order valence-corrected chi connectivity index (χ4v) is 5.39. The summed E-state index contributed by atoms with van der Waals surface area (Å²) >= 11 is 1.45. The van der Waals surface area contributed by atoms with E-state index in [2.05, 4.69) is 4.98 Å². The summed E-state index contributed by atoms with van der Waals surface area (Å²) in [6.07, 6.45) is 4.82.